The molecule has 0 saturated heterocycles. The van der Waals surface area contributed by atoms with E-state index in [2.05, 4.69) is 4.98 Å². The van der Waals surface area contributed by atoms with E-state index in [-0.39, 0.29) is 22.0 Å². The van der Waals surface area contributed by atoms with Crippen LogP contribution in [0.15, 0.2) is 12.1 Å². The molecule has 0 aromatic carbocycles. The van der Waals surface area contributed by atoms with Crippen molar-refractivity contribution in [1.29, 1.82) is 0 Å². The number of pyridine rings is 1. The van der Waals surface area contributed by atoms with Crippen LogP contribution < -0.4 is 0 Å². The van der Waals surface area contributed by atoms with Crippen molar-refractivity contribution in [3.05, 3.63) is 28.0 Å². The molecule has 1 aromatic heterocycles. The maximum atomic E-state index is 11.7. The van der Waals surface area contributed by atoms with Crippen LogP contribution in [0.5, 0.6) is 0 Å². The second kappa shape index (κ2) is 5.02. The molecule has 1 fully saturated rings. The van der Waals surface area contributed by atoms with Gasteiger partial charge in [0.15, 0.2) is 5.69 Å². The fourth-order valence-electron chi connectivity index (χ4n) is 1.77. The number of esters is 1. The molecule has 0 spiro atoms. The number of hydrogen-bond acceptors (Lipinski definition) is 3. The first-order chi connectivity index (χ1) is 7.66. The Morgan fingerprint density at radius 1 is 1.31 bits per heavy atom. The van der Waals surface area contributed by atoms with Gasteiger partial charge in [-0.05, 0) is 37.8 Å². The van der Waals surface area contributed by atoms with Gasteiger partial charge in [-0.15, -0.1) is 0 Å². The quantitative estimate of drug-likeness (QED) is 0.603. The van der Waals surface area contributed by atoms with Crippen LogP contribution >= 0.6 is 23.2 Å². The van der Waals surface area contributed by atoms with Crippen LogP contribution in [-0.4, -0.2) is 17.1 Å². The summed E-state index contributed by atoms with van der Waals surface area (Å²) in [6.45, 7) is 0. The number of nitrogens with zero attached hydrogens (tertiary/aromatic N) is 1. The fraction of sp³-hybridized carbons (Fsp3) is 0.455. The zero-order valence-corrected chi connectivity index (χ0v) is 10.1. The number of hydrogen-bond donors (Lipinski definition) is 0. The van der Waals surface area contributed by atoms with Crippen molar-refractivity contribution in [3.8, 4) is 0 Å². The highest BCUT2D eigenvalue weighted by Crippen LogP contribution is 2.24. The van der Waals surface area contributed by atoms with Crippen molar-refractivity contribution in [2.45, 2.75) is 31.8 Å². The highest BCUT2D eigenvalue weighted by Gasteiger charge is 2.22. The lowest BCUT2D eigenvalue weighted by Crippen LogP contribution is -2.16. The molecule has 2 rings (SSSR count). The number of halogens is 2. The van der Waals surface area contributed by atoms with Crippen molar-refractivity contribution >= 4 is 29.2 Å². The van der Waals surface area contributed by atoms with E-state index >= 15 is 0 Å². The molecule has 1 aromatic rings. The third-order valence-electron chi connectivity index (χ3n) is 2.58. The van der Waals surface area contributed by atoms with E-state index in [0.29, 0.717) is 0 Å². The maximum absolute atomic E-state index is 11.7. The largest absolute Gasteiger partial charge is 0.458 e. The smallest absolute Gasteiger partial charge is 0.358 e. The molecule has 0 N–H and O–H groups in total. The molecule has 0 atom stereocenters. The standard InChI is InChI=1S/C11H11Cl2NO2/c12-8-5-6-9(13)14-10(8)11(15)16-7-3-1-2-4-7/h5-7H,1-4H2. The van der Waals surface area contributed by atoms with Gasteiger partial charge in [0.1, 0.15) is 11.3 Å². The molecule has 0 radical (unpaired) electrons. The first-order valence-corrected chi connectivity index (χ1v) is 5.95. The Balaban J connectivity index is 2.10. The second-order valence-corrected chi connectivity index (χ2v) is 4.57. The zero-order valence-electron chi connectivity index (χ0n) is 8.58. The number of ether oxygens (including phenoxy) is 1. The summed E-state index contributed by atoms with van der Waals surface area (Å²) in [4.78, 5) is 15.6. The summed E-state index contributed by atoms with van der Waals surface area (Å²) in [7, 11) is 0. The lowest BCUT2D eigenvalue weighted by atomic mass is 10.3. The fourth-order valence-corrected chi connectivity index (χ4v) is 2.10. The highest BCUT2D eigenvalue weighted by molar-refractivity contribution is 6.34. The first-order valence-electron chi connectivity index (χ1n) is 5.20. The molecule has 3 nitrogen and oxygen atoms in total. The lowest BCUT2D eigenvalue weighted by molar-refractivity contribution is 0.0311. The van der Waals surface area contributed by atoms with Crippen molar-refractivity contribution in [3.63, 3.8) is 0 Å². The van der Waals surface area contributed by atoms with Crippen LogP contribution in [-0.2, 0) is 4.74 Å². The number of carbonyl (C=O) groups is 1. The topological polar surface area (TPSA) is 39.2 Å². The van der Waals surface area contributed by atoms with E-state index in [9.17, 15) is 4.79 Å². The SMILES string of the molecule is O=C(OC1CCCC1)c1nc(Cl)ccc1Cl. The Kier molecular flexibility index (Phi) is 3.66. The summed E-state index contributed by atoms with van der Waals surface area (Å²) in [5.41, 5.74) is 0.0982. The molecule has 1 aliphatic carbocycles. The van der Waals surface area contributed by atoms with Crippen molar-refractivity contribution in [2.75, 3.05) is 0 Å². The van der Waals surface area contributed by atoms with Crippen LogP contribution in [0.3, 0.4) is 0 Å². The van der Waals surface area contributed by atoms with Gasteiger partial charge >= 0.3 is 5.97 Å². The molecule has 5 heteroatoms. The molecule has 1 heterocycles. The Hall–Kier alpha value is -0.800. The van der Waals surface area contributed by atoms with Gasteiger partial charge in [-0.1, -0.05) is 23.2 Å². The Morgan fingerprint density at radius 3 is 2.69 bits per heavy atom. The third-order valence-corrected chi connectivity index (χ3v) is 3.10. The molecule has 1 saturated carbocycles. The van der Waals surface area contributed by atoms with E-state index in [1.165, 1.54) is 6.07 Å². The predicted octanol–water partition coefficient (Wildman–Crippen LogP) is 3.49. The predicted molar refractivity (Wildman–Crippen MR) is 61.9 cm³/mol. The van der Waals surface area contributed by atoms with Crippen LogP contribution in [0, 0.1) is 0 Å². The van der Waals surface area contributed by atoms with Gasteiger partial charge in [0.25, 0.3) is 0 Å². The summed E-state index contributed by atoms with van der Waals surface area (Å²) in [5, 5.41) is 0.509. The molecule has 1 aliphatic rings. The van der Waals surface area contributed by atoms with Gasteiger partial charge in [0.2, 0.25) is 0 Å². The van der Waals surface area contributed by atoms with Crippen LogP contribution in [0.2, 0.25) is 10.2 Å². The van der Waals surface area contributed by atoms with Gasteiger partial charge in [-0.2, -0.15) is 0 Å². The highest BCUT2D eigenvalue weighted by atomic mass is 35.5. The van der Waals surface area contributed by atoms with Gasteiger partial charge in [0.05, 0.1) is 5.02 Å². The summed E-state index contributed by atoms with van der Waals surface area (Å²) in [6.07, 6.45) is 4.06. The van der Waals surface area contributed by atoms with E-state index < -0.39 is 5.97 Å². The molecular formula is C11H11Cl2NO2. The van der Waals surface area contributed by atoms with Crippen molar-refractivity contribution < 1.29 is 9.53 Å². The van der Waals surface area contributed by atoms with Crippen LogP contribution in [0.4, 0.5) is 0 Å². The van der Waals surface area contributed by atoms with E-state index in [1.807, 2.05) is 0 Å². The molecule has 86 valence electrons. The maximum Gasteiger partial charge on any atom is 0.358 e. The average Bonchev–Trinajstić information content (AvgIpc) is 2.74. The second-order valence-electron chi connectivity index (χ2n) is 3.78. The number of carbonyl (C=O) groups excluding carboxylic acids is 1. The van der Waals surface area contributed by atoms with Gasteiger partial charge in [-0.3, -0.25) is 0 Å². The summed E-state index contributed by atoms with van der Waals surface area (Å²) in [5.74, 6) is -0.487. The van der Waals surface area contributed by atoms with E-state index in [4.69, 9.17) is 27.9 Å². The molecule has 0 unspecified atom stereocenters. The van der Waals surface area contributed by atoms with Gasteiger partial charge in [-0.25, -0.2) is 9.78 Å². The van der Waals surface area contributed by atoms with E-state index in [0.717, 1.165) is 25.7 Å². The van der Waals surface area contributed by atoms with E-state index in [1.54, 1.807) is 6.07 Å². The van der Waals surface area contributed by atoms with Gasteiger partial charge < -0.3 is 4.74 Å². The van der Waals surface area contributed by atoms with Crippen LogP contribution in [0.25, 0.3) is 0 Å². The van der Waals surface area contributed by atoms with Crippen LogP contribution in [0.1, 0.15) is 36.2 Å². The minimum atomic E-state index is -0.487. The van der Waals surface area contributed by atoms with Crippen molar-refractivity contribution in [1.82, 2.24) is 4.98 Å². The van der Waals surface area contributed by atoms with Crippen molar-refractivity contribution in [2.24, 2.45) is 0 Å². The third kappa shape index (κ3) is 2.66. The Bertz CT molecular complexity index is 403. The summed E-state index contributed by atoms with van der Waals surface area (Å²) >= 11 is 11.6. The molecule has 16 heavy (non-hydrogen) atoms. The zero-order chi connectivity index (χ0) is 11.5. The van der Waals surface area contributed by atoms with Gasteiger partial charge in [0, 0.05) is 0 Å². The lowest BCUT2D eigenvalue weighted by Gasteiger charge is -2.11. The molecule has 0 aliphatic heterocycles. The molecule has 0 amide bonds. The number of rotatable bonds is 2. The monoisotopic (exact) mass is 259 g/mol. The molecular weight excluding hydrogens is 249 g/mol. The molecule has 0 bridgehead atoms. The minimum Gasteiger partial charge on any atom is -0.458 e. The summed E-state index contributed by atoms with van der Waals surface area (Å²) in [6, 6.07) is 3.08. The normalized spacial score (nSPS) is 16.4. The number of aromatic nitrogens is 1. The Morgan fingerprint density at radius 2 is 2.00 bits per heavy atom. The first kappa shape index (κ1) is 11.7. The summed E-state index contributed by atoms with van der Waals surface area (Å²) < 4.78 is 5.29. The average molecular weight is 260 g/mol. The minimum absolute atomic E-state index is 0.00403. The Labute approximate surface area is 104 Å².